The molecule has 3 nitrogen and oxygen atoms in total. The Balaban J connectivity index is 1.84. The number of rotatable bonds is 2. The van der Waals surface area contributed by atoms with Crippen molar-refractivity contribution < 1.29 is 8.78 Å². The summed E-state index contributed by atoms with van der Waals surface area (Å²) < 4.78 is 26.3. The van der Waals surface area contributed by atoms with E-state index >= 15 is 0 Å². The van der Waals surface area contributed by atoms with Crippen molar-refractivity contribution in [2.45, 2.75) is 25.3 Å². The molecule has 5 heteroatoms. The Kier molecular flexibility index (Phi) is 1.59. The van der Waals surface area contributed by atoms with Crippen LogP contribution in [0.5, 0.6) is 0 Å². The zero-order valence-electron chi connectivity index (χ0n) is 6.45. The van der Waals surface area contributed by atoms with Crippen LogP contribution in [0.4, 0.5) is 8.78 Å². The van der Waals surface area contributed by atoms with Crippen LogP contribution in [0.1, 0.15) is 12.8 Å². The molecule has 2 rings (SSSR count). The Morgan fingerprint density at radius 1 is 1.50 bits per heavy atom. The predicted molar refractivity (Wildman–Crippen MR) is 37.7 cm³/mol. The van der Waals surface area contributed by atoms with Crippen LogP contribution in [0.15, 0.2) is 12.7 Å². The van der Waals surface area contributed by atoms with Crippen LogP contribution in [0.2, 0.25) is 0 Å². The molecule has 0 N–H and O–H groups in total. The van der Waals surface area contributed by atoms with Gasteiger partial charge in [0.2, 0.25) is 5.92 Å². The first-order valence-corrected chi connectivity index (χ1v) is 3.86. The molecule has 1 aromatic rings. The summed E-state index contributed by atoms with van der Waals surface area (Å²) in [4.78, 5) is 3.73. The lowest BCUT2D eigenvalue weighted by Crippen LogP contribution is -2.37. The van der Waals surface area contributed by atoms with Crippen LogP contribution in [0.25, 0.3) is 0 Å². The van der Waals surface area contributed by atoms with Gasteiger partial charge in [0.05, 0.1) is 0 Å². The molecule has 1 saturated carbocycles. The highest BCUT2D eigenvalue weighted by Crippen LogP contribution is 2.42. The highest BCUT2D eigenvalue weighted by molar-refractivity contribution is 4.85. The average molecular weight is 173 g/mol. The zero-order chi connectivity index (χ0) is 8.60. The van der Waals surface area contributed by atoms with E-state index in [0.29, 0.717) is 6.54 Å². The van der Waals surface area contributed by atoms with Gasteiger partial charge in [0, 0.05) is 19.4 Å². The molecule has 0 aromatic carbocycles. The van der Waals surface area contributed by atoms with Crippen LogP contribution in [0.3, 0.4) is 0 Å². The normalized spacial score (nSPS) is 22.2. The van der Waals surface area contributed by atoms with Crippen molar-refractivity contribution in [3.63, 3.8) is 0 Å². The molecule has 0 amide bonds. The lowest BCUT2D eigenvalue weighted by molar-refractivity contribution is -0.114. The van der Waals surface area contributed by atoms with Gasteiger partial charge >= 0.3 is 0 Å². The highest BCUT2D eigenvalue weighted by Gasteiger charge is 2.45. The Morgan fingerprint density at radius 3 is 2.75 bits per heavy atom. The quantitative estimate of drug-likeness (QED) is 0.675. The lowest BCUT2D eigenvalue weighted by Gasteiger charge is -2.34. The van der Waals surface area contributed by atoms with E-state index in [1.165, 1.54) is 6.33 Å². The summed E-state index contributed by atoms with van der Waals surface area (Å²) in [6.45, 7) is 0.565. The predicted octanol–water partition coefficient (Wildman–Crippen LogP) is 1.32. The van der Waals surface area contributed by atoms with E-state index < -0.39 is 5.92 Å². The minimum Gasteiger partial charge on any atom is -0.253 e. The molecule has 1 aliphatic rings. The van der Waals surface area contributed by atoms with E-state index in [9.17, 15) is 8.78 Å². The van der Waals surface area contributed by atoms with Crippen LogP contribution in [0, 0.1) is 5.92 Å². The van der Waals surface area contributed by atoms with Crippen LogP contribution in [-0.4, -0.2) is 20.7 Å². The third kappa shape index (κ3) is 1.44. The van der Waals surface area contributed by atoms with Gasteiger partial charge in [0.1, 0.15) is 12.7 Å². The third-order valence-corrected chi connectivity index (χ3v) is 2.09. The Bertz CT molecular complexity index is 250. The number of hydrogen-bond donors (Lipinski definition) is 0. The first-order valence-electron chi connectivity index (χ1n) is 3.86. The van der Waals surface area contributed by atoms with Crippen molar-refractivity contribution >= 4 is 0 Å². The molecule has 0 radical (unpaired) electrons. The van der Waals surface area contributed by atoms with Gasteiger partial charge in [-0.3, -0.25) is 4.68 Å². The fraction of sp³-hybridized carbons (Fsp3) is 0.714. The fourth-order valence-corrected chi connectivity index (χ4v) is 1.51. The van der Waals surface area contributed by atoms with Crippen molar-refractivity contribution in [1.29, 1.82) is 0 Å². The first-order chi connectivity index (χ1) is 5.66. The second-order valence-corrected chi connectivity index (χ2v) is 3.25. The third-order valence-electron chi connectivity index (χ3n) is 2.09. The van der Waals surface area contributed by atoms with Gasteiger partial charge in [-0.15, -0.1) is 0 Å². The monoisotopic (exact) mass is 173 g/mol. The molecule has 0 atom stereocenters. The lowest BCUT2D eigenvalue weighted by atomic mass is 9.81. The average Bonchev–Trinajstić information content (AvgIpc) is 2.35. The Morgan fingerprint density at radius 2 is 2.25 bits per heavy atom. The fourth-order valence-electron chi connectivity index (χ4n) is 1.51. The number of hydrogen-bond acceptors (Lipinski definition) is 2. The molecule has 1 fully saturated rings. The molecule has 0 saturated heterocycles. The summed E-state index contributed by atoms with van der Waals surface area (Å²) in [6.07, 6.45) is 2.95. The summed E-state index contributed by atoms with van der Waals surface area (Å²) in [5.74, 6) is -2.35. The number of aromatic nitrogens is 3. The van der Waals surface area contributed by atoms with Crippen LogP contribution < -0.4 is 0 Å². The van der Waals surface area contributed by atoms with E-state index in [-0.39, 0.29) is 18.8 Å². The maximum atomic E-state index is 12.4. The largest absolute Gasteiger partial charge is 0.253 e. The standard InChI is InChI=1S/C7H9F2N3/c8-7(9)1-6(2-7)3-12-5-10-4-11-12/h4-6H,1-3H2. The number of alkyl halides is 2. The SMILES string of the molecule is FC1(F)CC(Cn2cncn2)C1. The zero-order valence-corrected chi connectivity index (χ0v) is 6.45. The summed E-state index contributed by atoms with van der Waals surface area (Å²) in [7, 11) is 0. The molecule has 0 unspecified atom stereocenters. The molecule has 66 valence electrons. The molecular formula is C7H9F2N3. The molecule has 1 aliphatic carbocycles. The minimum absolute atomic E-state index is 0.00708. The van der Waals surface area contributed by atoms with Crippen molar-refractivity contribution in [3.8, 4) is 0 Å². The van der Waals surface area contributed by atoms with Crippen LogP contribution in [-0.2, 0) is 6.54 Å². The smallest absolute Gasteiger partial charge is 0.248 e. The summed E-state index contributed by atoms with van der Waals surface area (Å²) in [6, 6.07) is 0. The van der Waals surface area contributed by atoms with Gasteiger partial charge < -0.3 is 0 Å². The van der Waals surface area contributed by atoms with Gasteiger partial charge in [-0.25, -0.2) is 13.8 Å². The van der Waals surface area contributed by atoms with E-state index in [4.69, 9.17) is 0 Å². The van der Waals surface area contributed by atoms with Gasteiger partial charge in [0.25, 0.3) is 0 Å². The number of nitrogens with zero attached hydrogens (tertiary/aromatic N) is 3. The molecule has 12 heavy (non-hydrogen) atoms. The van der Waals surface area contributed by atoms with E-state index in [2.05, 4.69) is 10.1 Å². The van der Waals surface area contributed by atoms with Crippen LogP contribution >= 0.6 is 0 Å². The van der Waals surface area contributed by atoms with E-state index in [1.807, 2.05) is 0 Å². The Hall–Kier alpha value is -1.00. The summed E-state index contributed by atoms with van der Waals surface area (Å²) in [5, 5.41) is 3.85. The van der Waals surface area contributed by atoms with Crippen molar-refractivity contribution in [1.82, 2.24) is 14.8 Å². The molecule has 1 aromatic heterocycles. The van der Waals surface area contributed by atoms with E-state index in [0.717, 1.165) is 0 Å². The molecular weight excluding hydrogens is 164 g/mol. The molecule has 0 spiro atoms. The maximum Gasteiger partial charge on any atom is 0.248 e. The second-order valence-electron chi connectivity index (χ2n) is 3.25. The number of halogens is 2. The van der Waals surface area contributed by atoms with Gasteiger partial charge in [0.15, 0.2) is 0 Å². The van der Waals surface area contributed by atoms with Crippen molar-refractivity contribution in [3.05, 3.63) is 12.7 Å². The summed E-state index contributed by atoms with van der Waals surface area (Å²) in [5.41, 5.74) is 0. The first kappa shape index (κ1) is 7.64. The van der Waals surface area contributed by atoms with Crippen molar-refractivity contribution in [2.24, 2.45) is 5.92 Å². The van der Waals surface area contributed by atoms with Gasteiger partial charge in [-0.2, -0.15) is 5.10 Å². The van der Waals surface area contributed by atoms with Crippen molar-refractivity contribution in [2.75, 3.05) is 0 Å². The molecule has 0 bridgehead atoms. The van der Waals surface area contributed by atoms with Gasteiger partial charge in [-0.05, 0) is 5.92 Å². The Labute approximate surface area is 68.4 Å². The second kappa shape index (κ2) is 2.50. The van der Waals surface area contributed by atoms with Gasteiger partial charge in [-0.1, -0.05) is 0 Å². The minimum atomic E-state index is -2.43. The summed E-state index contributed by atoms with van der Waals surface area (Å²) >= 11 is 0. The topological polar surface area (TPSA) is 30.7 Å². The molecule has 1 heterocycles. The molecule has 0 aliphatic heterocycles. The van der Waals surface area contributed by atoms with E-state index in [1.54, 1.807) is 11.0 Å². The highest BCUT2D eigenvalue weighted by atomic mass is 19.3. The maximum absolute atomic E-state index is 12.4.